The average Bonchev–Trinajstić information content (AvgIpc) is 2.70. The lowest BCUT2D eigenvalue weighted by molar-refractivity contribution is 0.138. The van der Waals surface area contributed by atoms with E-state index in [9.17, 15) is 8.42 Å². The molecule has 1 aromatic heterocycles. The standard InChI is InChI=1S/C22H24N2O3S/c1-16-9-14-22(23-15-16)27-19-12-10-18(11-13-19)24-28(25,26)21-8-4-6-17-5-2-3-7-20(17)21/h2-9,14-15,18-19,24H,10-13H2,1H3. The van der Waals surface area contributed by atoms with Crippen LogP contribution >= 0.6 is 0 Å². The van der Waals surface area contributed by atoms with Crippen molar-refractivity contribution in [2.45, 2.75) is 49.6 Å². The molecule has 0 spiro atoms. The van der Waals surface area contributed by atoms with Gasteiger partial charge in [-0.05, 0) is 49.6 Å². The van der Waals surface area contributed by atoms with Crippen molar-refractivity contribution in [1.29, 1.82) is 0 Å². The molecule has 6 heteroatoms. The first-order chi connectivity index (χ1) is 13.5. The molecule has 1 N–H and O–H groups in total. The van der Waals surface area contributed by atoms with Gasteiger partial charge in [0, 0.05) is 23.7 Å². The Morgan fingerprint density at radius 2 is 1.71 bits per heavy atom. The van der Waals surface area contributed by atoms with Crippen molar-refractivity contribution in [3.63, 3.8) is 0 Å². The summed E-state index contributed by atoms with van der Waals surface area (Å²) in [5, 5.41) is 1.67. The van der Waals surface area contributed by atoms with Gasteiger partial charge < -0.3 is 4.74 Å². The van der Waals surface area contributed by atoms with Crippen molar-refractivity contribution >= 4 is 20.8 Å². The lowest BCUT2D eigenvalue weighted by atomic mass is 9.94. The van der Waals surface area contributed by atoms with Crippen LogP contribution in [0.4, 0.5) is 0 Å². The molecule has 0 aliphatic heterocycles. The van der Waals surface area contributed by atoms with Crippen molar-refractivity contribution in [3.8, 4) is 5.88 Å². The van der Waals surface area contributed by atoms with Crippen LogP contribution in [0.5, 0.6) is 5.88 Å². The van der Waals surface area contributed by atoms with Crippen molar-refractivity contribution in [3.05, 3.63) is 66.4 Å². The number of nitrogens with zero attached hydrogens (tertiary/aromatic N) is 1. The molecule has 0 bridgehead atoms. The molecule has 0 atom stereocenters. The lowest BCUT2D eigenvalue weighted by Crippen LogP contribution is -2.39. The molecule has 1 heterocycles. The van der Waals surface area contributed by atoms with Gasteiger partial charge in [-0.25, -0.2) is 18.1 Å². The van der Waals surface area contributed by atoms with E-state index in [2.05, 4.69) is 9.71 Å². The topological polar surface area (TPSA) is 68.3 Å². The van der Waals surface area contributed by atoms with Gasteiger partial charge in [0.25, 0.3) is 0 Å². The molecular formula is C22H24N2O3S. The predicted molar refractivity (Wildman–Crippen MR) is 110 cm³/mol. The summed E-state index contributed by atoms with van der Waals surface area (Å²) in [5.41, 5.74) is 1.10. The fourth-order valence-electron chi connectivity index (χ4n) is 3.71. The molecule has 0 radical (unpaired) electrons. The van der Waals surface area contributed by atoms with Gasteiger partial charge >= 0.3 is 0 Å². The van der Waals surface area contributed by atoms with Crippen LogP contribution in [-0.2, 0) is 10.0 Å². The Hall–Kier alpha value is -2.44. The maximum atomic E-state index is 13.0. The third-order valence-corrected chi connectivity index (χ3v) is 6.79. The van der Waals surface area contributed by atoms with Crippen molar-refractivity contribution in [2.75, 3.05) is 0 Å². The Morgan fingerprint density at radius 3 is 2.46 bits per heavy atom. The molecule has 28 heavy (non-hydrogen) atoms. The Labute approximate surface area is 165 Å². The number of nitrogens with one attached hydrogen (secondary N) is 1. The third-order valence-electron chi connectivity index (χ3n) is 5.21. The van der Waals surface area contributed by atoms with E-state index in [0.29, 0.717) is 10.8 Å². The van der Waals surface area contributed by atoms with Gasteiger partial charge in [-0.15, -0.1) is 0 Å². The zero-order chi connectivity index (χ0) is 19.6. The minimum atomic E-state index is -3.57. The zero-order valence-corrected chi connectivity index (χ0v) is 16.7. The van der Waals surface area contributed by atoms with Crippen LogP contribution in [0, 0.1) is 6.92 Å². The Morgan fingerprint density at radius 1 is 0.964 bits per heavy atom. The number of hydrogen-bond donors (Lipinski definition) is 1. The van der Waals surface area contributed by atoms with Gasteiger partial charge in [0.1, 0.15) is 6.10 Å². The first-order valence-electron chi connectivity index (χ1n) is 9.61. The largest absolute Gasteiger partial charge is 0.474 e. The van der Waals surface area contributed by atoms with E-state index < -0.39 is 10.0 Å². The fourth-order valence-corrected chi connectivity index (χ4v) is 5.24. The molecule has 5 nitrogen and oxygen atoms in total. The second-order valence-electron chi connectivity index (χ2n) is 7.36. The molecule has 146 valence electrons. The minimum Gasteiger partial charge on any atom is -0.474 e. The second kappa shape index (κ2) is 7.89. The quantitative estimate of drug-likeness (QED) is 0.701. The minimum absolute atomic E-state index is 0.0743. The van der Waals surface area contributed by atoms with Crippen molar-refractivity contribution < 1.29 is 13.2 Å². The lowest BCUT2D eigenvalue weighted by Gasteiger charge is -2.29. The molecule has 3 aromatic rings. The van der Waals surface area contributed by atoms with E-state index in [1.807, 2.05) is 49.4 Å². The molecular weight excluding hydrogens is 372 g/mol. The van der Waals surface area contributed by atoms with Crippen molar-refractivity contribution in [2.24, 2.45) is 0 Å². The summed E-state index contributed by atoms with van der Waals surface area (Å²) in [6, 6.07) is 16.7. The Kier molecular flexibility index (Phi) is 5.33. The maximum absolute atomic E-state index is 13.0. The molecule has 2 aromatic carbocycles. The summed E-state index contributed by atoms with van der Waals surface area (Å²) in [7, 11) is -3.57. The third kappa shape index (κ3) is 4.18. The van der Waals surface area contributed by atoms with Gasteiger partial charge in [0.2, 0.25) is 15.9 Å². The summed E-state index contributed by atoms with van der Waals surface area (Å²) in [5.74, 6) is 0.630. The van der Waals surface area contributed by atoms with E-state index in [1.54, 1.807) is 18.3 Å². The Balaban J connectivity index is 1.40. The molecule has 4 rings (SSSR count). The smallest absolute Gasteiger partial charge is 0.241 e. The number of sulfonamides is 1. The van der Waals surface area contributed by atoms with E-state index in [1.165, 1.54) is 0 Å². The molecule has 1 aliphatic rings. The fraction of sp³-hybridized carbons (Fsp3) is 0.318. The number of aromatic nitrogens is 1. The van der Waals surface area contributed by atoms with Crippen LogP contribution in [0.3, 0.4) is 0 Å². The highest BCUT2D eigenvalue weighted by Crippen LogP contribution is 2.26. The van der Waals surface area contributed by atoms with Gasteiger partial charge in [0.05, 0.1) is 4.90 Å². The predicted octanol–water partition coefficient (Wildman–Crippen LogP) is 4.21. The molecule has 1 saturated carbocycles. The number of pyridine rings is 1. The van der Waals surface area contributed by atoms with Crippen LogP contribution < -0.4 is 9.46 Å². The van der Waals surface area contributed by atoms with Gasteiger partial charge in [0.15, 0.2) is 0 Å². The van der Waals surface area contributed by atoms with Crippen molar-refractivity contribution in [1.82, 2.24) is 9.71 Å². The first-order valence-corrected chi connectivity index (χ1v) is 11.1. The van der Waals surface area contributed by atoms with Crippen LogP contribution in [0.25, 0.3) is 10.8 Å². The highest BCUT2D eigenvalue weighted by molar-refractivity contribution is 7.89. The molecule has 0 unspecified atom stereocenters. The van der Waals surface area contributed by atoms with E-state index >= 15 is 0 Å². The summed E-state index contributed by atoms with van der Waals surface area (Å²) in [4.78, 5) is 4.63. The maximum Gasteiger partial charge on any atom is 0.241 e. The molecule has 1 fully saturated rings. The Bertz CT molecular complexity index is 1050. The highest BCUT2D eigenvalue weighted by Gasteiger charge is 2.27. The number of hydrogen-bond acceptors (Lipinski definition) is 4. The normalized spacial score (nSPS) is 20.2. The summed E-state index contributed by atoms with van der Waals surface area (Å²) < 4.78 is 34.8. The number of rotatable bonds is 5. The summed E-state index contributed by atoms with van der Waals surface area (Å²) >= 11 is 0. The zero-order valence-electron chi connectivity index (χ0n) is 15.8. The van der Waals surface area contributed by atoms with Gasteiger partial charge in [-0.1, -0.05) is 42.5 Å². The van der Waals surface area contributed by atoms with Crippen LogP contribution in [0.15, 0.2) is 65.7 Å². The number of aryl methyl sites for hydroxylation is 1. The highest BCUT2D eigenvalue weighted by atomic mass is 32.2. The number of benzene rings is 2. The van der Waals surface area contributed by atoms with E-state index in [-0.39, 0.29) is 12.1 Å². The van der Waals surface area contributed by atoms with Gasteiger partial charge in [-0.2, -0.15) is 0 Å². The average molecular weight is 397 g/mol. The monoisotopic (exact) mass is 396 g/mol. The van der Waals surface area contributed by atoms with Crippen LogP contribution in [-0.4, -0.2) is 25.5 Å². The summed E-state index contributed by atoms with van der Waals surface area (Å²) in [6.07, 6.45) is 4.98. The van der Waals surface area contributed by atoms with Gasteiger partial charge in [-0.3, -0.25) is 0 Å². The van der Waals surface area contributed by atoms with E-state index in [4.69, 9.17) is 4.74 Å². The second-order valence-corrected chi connectivity index (χ2v) is 9.05. The molecule has 0 saturated heterocycles. The van der Waals surface area contributed by atoms with Crippen LogP contribution in [0.2, 0.25) is 0 Å². The first kappa shape index (κ1) is 18.9. The van der Waals surface area contributed by atoms with Crippen LogP contribution in [0.1, 0.15) is 31.2 Å². The molecule has 1 aliphatic carbocycles. The molecule has 0 amide bonds. The van der Waals surface area contributed by atoms with E-state index in [0.717, 1.165) is 42.0 Å². The number of ether oxygens (including phenoxy) is 1. The summed E-state index contributed by atoms with van der Waals surface area (Å²) in [6.45, 7) is 1.99. The number of fused-ring (bicyclic) bond motifs is 1. The SMILES string of the molecule is Cc1ccc(OC2CCC(NS(=O)(=O)c3cccc4ccccc34)CC2)nc1.